The Kier molecular flexibility index (Phi) is 5.05. The average molecular weight is 266 g/mol. The van der Waals surface area contributed by atoms with E-state index in [1.807, 2.05) is 12.1 Å². The van der Waals surface area contributed by atoms with Crippen molar-refractivity contribution in [3.8, 4) is 11.5 Å². The van der Waals surface area contributed by atoms with Gasteiger partial charge in [-0.05, 0) is 12.1 Å². The van der Waals surface area contributed by atoms with Crippen LogP contribution < -0.4 is 19.3 Å². The second-order valence-corrected chi connectivity index (χ2v) is 5.39. The first-order valence-corrected chi connectivity index (χ1v) is 7.09. The zero-order valence-electron chi connectivity index (χ0n) is 12.3. The third-order valence-electron chi connectivity index (χ3n) is 3.96. The van der Waals surface area contributed by atoms with Gasteiger partial charge in [0.25, 0.3) is 0 Å². The minimum Gasteiger partial charge on any atom is -0.493 e. The Balaban J connectivity index is 2.09. The van der Waals surface area contributed by atoms with Gasteiger partial charge in [-0.15, -0.1) is 0 Å². The van der Waals surface area contributed by atoms with E-state index in [0.717, 1.165) is 18.0 Å². The molecule has 0 spiro atoms. The van der Waals surface area contributed by atoms with E-state index in [4.69, 9.17) is 9.47 Å². The number of benzene rings is 1. The predicted molar refractivity (Wildman–Crippen MR) is 75.2 cm³/mol. The van der Waals surface area contributed by atoms with E-state index in [0.29, 0.717) is 0 Å². The number of rotatable bonds is 4. The van der Waals surface area contributed by atoms with Crippen LogP contribution in [0, 0.1) is 0 Å². The fraction of sp³-hybridized carbons (Fsp3) is 0.600. The number of nitrogens with one attached hydrogen (secondary N) is 2. The molecule has 4 nitrogen and oxygen atoms in total. The lowest BCUT2D eigenvalue weighted by atomic mass is 10.1. The fourth-order valence-corrected chi connectivity index (χ4v) is 2.82. The molecule has 2 N–H and O–H groups in total. The van der Waals surface area contributed by atoms with Crippen LogP contribution in [0.4, 0.5) is 0 Å². The third-order valence-corrected chi connectivity index (χ3v) is 3.96. The van der Waals surface area contributed by atoms with Crippen LogP contribution in [0.3, 0.4) is 0 Å². The van der Waals surface area contributed by atoms with E-state index in [2.05, 4.69) is 13.1 Å². The van der Waals surface area contributed by atoms with Crippen molar-refractivity contribution < 1.29 is 19.3 Å². The molecule has 19 heavy (non-hydrogen) atoms. The highest BCUT2D eigenvalue weighted by Crippen LogP contribution is 2.29. The van der Waals surface area contributed by atoms with Crippen molar-refractivity contribution in [2.75, 3.05) is 47.4 Å². The van der Waals surface area contributed by atoms with Gasteiger partial charge in [0, 0.05) is 6.42 Å². The maximum Gasteiger partial charge on any atom is 0.169 e. The molecule has 0 saturated carbocycles. The molecule has 0 amide bonds. The summed E-state index contributed by atoms with van der Waals surface area (Å²) in [5.41, 5.74) is 1.25. The number of para-hydroxylation sites is 1. The second-order valence-electron chi connectivity index (χ2n) is 5.39. The maximum atomic E-state index is 5.52. The molecule has 1 aliphatic heterocycles. The zero-order valence-corrected chi connectivity index (χ0v) is 12.3. The van der Waals surface area contributed by atoms with Crippen LogP contribution in [0.2, 0.25) is 0 Å². The monoisotopic (exact) mass is 266 g/mol. The van der Waals surface area contributed by atoms with Crippen molar-refractivity contribution in [1.29, 1.82) is 0 Å². The SMILES string of the molecule is COc1cccc(C[NH+]2CCC[NH+](C)CC2)c1OC. The van der Waals surface area contributed by atoms with Crippen molar-refractivity contribution in [3.63, 3.8) is 0 Å². The topological polar surface area (TPSA) is 27.3 Å². The molecule has 0 aromatic heterocycles. The van der Waals surface area contributed by atoms with E-state index >= 15 is 0 Å². The van der Waals surface area contributed by atoms with E-state index < -0.39 is 0 Å². The first-order chi connectivity index (χ1) is 9.24. The molecule has 1 aromatic carbocycles. The third kappa shape index (κ3) is 3.61. The molecule has 106 valence electrons. The van der Waals surface area contributed by atoms with Crippen molar-refractivity contribution in [1.82, 2.24) is 0 Å². The molecule has 2 atom stereocenters. The van der Waals surface area contributed by atoms with Gasteiger partial charge in [0.15, 0.2) is 11.5 Å². The van der Waals surface area contributed by atoms with Gasteiger partial charge in [0.1, 0.15) is 19.6 Å². The summed E-state index contributed by atoms with van der Waals surface area (Å²) in [4.78, 5) is 3.29. The summed E-state index contributed by atoms with van der Waals surface area (Å²) >= 11 is 0. The Labute approximate surface area is 115 Å². The van der Waals surface area contributed by atoms with Gasteiger partial charge in [-0.3, -0.25) is 0 Å². The number of hydrogen-bond acceptors (Lipinski definition) is 2. The zero-order chi connectivity index (χ0) is 13.7. The first-order valence-electron chi connectivity index (χ1n) is 7.09. The molecule has 1 saturated heterocycles. The number of quaternary nitrogens is 2. The van der Waals surface area contributed by atoms with Crippen LogP contribution in [0.15, 0.2) is 18.2 Å². The van der Waals surface area contributed by atoms with Crippen LogP contribution in [0.5, 0.6) is 11.5 Å². The van der Waals surface area contributed by atoms with Gasteiger partial charge < -0.3 is 19.3 Å². The summed E-state index contributed by atoms with van der Waals surface area (Å²) in [5, 5.41) is 0. The largest absolute Gasteiger partial charge is 0.493 e. The molecule has 1 fully saturated rings. The normalized spacial score (nSPS) is 23.7. The van der Waals surface area contributed by atoms with Gasteiger partial charge in [-0.2, -0.15) is 0 Å². The van der Waals surface area contributed by atoms with Crippen LogP contribution in [-0.4, -0.2) is 47.4 Å². The molecule has 1 heterocycles. The average Bonchev–Trinajstić information content (AvgIpc) is 2.63. The van der Waals surface area contributed by atoms with E-state index in [1.165, 1.54) is 38.2 Å². The van der Waals surface area contributed by atoms with Gasteiger partial charge in [0.2, 0.25) is 0 Å². The summed E-state index contributed by atoms with van der Waals surface area (Å²) in [6.07, 6.45) is 1.30. The maximum absolute atomic E-state index is 5.52. The number of likely N-dealkylation sites (N-methyl/N-ethyl adjacent to an activating group) is 1. The smallest absolute Gasteiger partial charge is 0.169 e. The number of ether oxygens (including phenoxy) is 2. The molecular weight excluding hydrogens is 240 g/mol. The Morgan fingerprint density at radius 1 is 1.05 bits per heavy atom. The van der Waals surface area contributed by atoms with Gasteiger partial charge >= 0.3 is 0 Å². The van der Waals surface area contributed by atoms with Gasteiger partial charge in [-0.1, -0.05) is 6.07 Å². The Hall–Kier alpha value is -1.26. The Morgan fingerprint density at radius 2 is 1.89 bits per heavy atom. The van der Waals surface area contributed by atoms with Crippen molar-refractivity contribution >= 4 is 0 Å². The first kappa shape index (κ1) is 14.2. The molecule has 4 heteroatoms. The van der Waals surface area contributed by atoms with Gasteiger partial charge in [-0.25, -0.2) is 0 Å². The van der Waals surface area contributed by atoms with Crippen LogP contribution in [0.1, 0.15) is 12.0 Å². The van der Waals surface area contributed by atoms with E-state index in [-0.39, 0.29) is 0 Å². The molecule has 0 aliphatic carbocycles. The fourth-order valence-electron chi connectivity index (χ4n) is 2.82. The summed E-state index contributed by atoms with van der Waals surface area (Å²) in [6.45, 7) is 6.04. The highest BCUT2D eigenvalue weighted by atomic mass is 16.5. The van der Waals surface area contributed by atoms with Crippen LogP contribution in [0.25, 0.3) is 0 Å². The van der Waals surface area contributed by atoms with Crippen molar-refractivity contribution in [2.45, 2.75) is 13.0 Å². The lowest BCUT2D eigenvalue weighted by molar-refractivity contribution is -0.938. The molecule has 2 rings (SSSR count). The molecule has 1 aliphatic rings. The van der Waals surface area contributed by atoms with Gasteiger partial charge in [0.05, 0.1) is 39.9 Å². The van der Waals surface area contributed by atoms with Crippen LogP contribution in [-0.2, 0) is 6.54 Å². The summed E-state index contributed by atoms with van der Waals surface area (Å²) in [6, 6.07) is 6.15. The van der Waals surface area contributed by atoms with Crippen molar-refractivity contribution in [3.05, 3.63) is 23.8 Å². The highest BCUT2D eigenvalue weighted by molar-refractivity contribution is 5.46. The second kappa shape index (κ2) is 6.78. The number of hydrogen-bond donors (Lipinski definition) is 2. The molecule has 2 unspecified atom stereocenters. The molecule has 1 aromatic rings. The number of methoxy groups -OCH3 is 2. The lowest BCUT2D eigenvalue weighted by Crippen LogP contribution is -3.15. The minimum atomic E-state index is 0.831. The predicted octanol–water partition coefficient (Wildman–Crippen LogP) is -0.993. The standard InChI is InChI=1S/C15H24N2O2/c1-16-8-5-9-17(11-10-16)12-13-6-4-7-14(18-2)15(13)19-3/h4,6-7H,5,8-12H2,1-3H3/p+2. The summed E-state index contributed by atoms with van der Waals surface area (Å²) < 4.78 is 10.9. The molecule has 0 radical (unpaired) electrons. The van der Waals surface area contributed by atoms with E-state index in [9.17, 15) is 0 Å². The summed E-state index contributed by atoms with van der Waals surface area (Å²) in [5.74, 6) is 1.72. The Morgan fingerprint density at radius 3 is 2.63 bits per heavy atom. The summed E-state index contributed by atoms with van der Waals surface area (Å²) in [7, 11) is 5.70. The lowest BCUT2D eigenvalue weighted by Gasteiger charge is -2.18. The van der Waals surface area contributed by atoms with Crippen LogP contribution >= 0.6 is 0 Å². The van der Waals surface area contributed by atoms with E-state index in [1.54, 1.807) is 24.0 Å². The molecule has 0 bridgehead atoms. The quantitative estimate of drug-likeness (QED) is 0.732. The Bertz CT molecular complexity index is 409. The minimum absolute atomic E-state index is 0.831. The van der Waals surface area contributed by atoms with Crippen molar-refractivity contribution in [2.24, 2.45) is 0 Å². The molecular formula is C15H26N2O2+2. The highest BCUT2D eigenvalue weighted by Gasteiger charge is 2.20.